The second kappa shape index (κ2) is 5.83. The van der Waals surface area contributed by atoms with Gasteiger partial charge in [-0.05, 0) is 30.7 Å². The molecule has 0 aliphatic rings. The molecule has 0 unspecified atom stereocenters. The molecule has 20 heavy (non-hydrogen) atoms. The number of hydrogen-bond donors (Lipinski definition) is 1. The molecule has 0 saturated heterocycles. The van der Waals surface area contributed by atoms with Crippen molar-refractivity contribution >= 4 is 11.0 Å². The summed E-state index contributed by atoms with van der Waals surface area (Å²) in [4.78, 5) is 8.52. The Morgan fingerprint density at radius 3 is 3.10 bits per heavy atom. The van der Waals surface area contributed by atoms with Crippen LogP contribution in [-0.2, 0) is 13.1 Å². The first-order chi connectivity index (χ1) is 9.88. The number of fused-ring (bicyclic) bond motifs is 1. The number of pyridine rings is 1. The molecule has 0 aliphatic heterocycles. The average molecular weight is 271 g/mol. The molecule has 1 N–H and O–H groups in total. The molecule has 6 heteroatoms. The fraction of sp³-hybridized carbons (Fsp3) is 0.357. The van der Waals surface area contributed by atoms with Gasteiger partial charge in [-0.25, -0.2) is 4.98 Å². The zero-order valence-corrected chi connectivity index (χ0v) is 11.4. The summed E-state index contributed by atoms with van der Waals surface area (Å²) in [6.07, 6.45) is 6.38. The molecule has 0 spiro atoms. The molecule has 0 bridgehead atoms. The van der Waals surface area contributed by atoms with Gasteiger partial charge in [0.1, 0.15) is 5.65 Å². The van der Waals surface area contributed by atoms with Gasteiger partial charge in [0.25, 0.3) is 0 Å². The maximum atomic E-state index is 4.78. The third-order valence-electron chi connectivity index (χ3n) is 3.18. The van der Waals surface area contributed by atoms with Crippen LogP contribution in [0.5, 0.6) is 0 Å². The highest BCUT2D eigenvalue weighted by Crippen LogP contribution is 2.19. The summed E-state index contributed by atoms with van der Waals surface area (Å²) in [6.45, 7) is 4.58. The Morgan fingerprint density at radius 2 is 2.30 bits per heavy atom. The summed E-state index contributed by atoms with van der Waals surface area (Å²) < 4.78 is 6.84. The van der Waals surface area contributed by atoms with E-state index >= 15 is 0 Å². The first kappa shape index (κ1) is 12.8. The summed E-state index contributed by atoms with van der Waals surface area (Å²) in [5.41, 5.74) is 2.19. The molecule has 6 nitrogen and oxygen atoms in total. The Bertz CT molecular complexity index is 674. The van der Waals surface area contributed by atoms with Crippen LogP contribution in [0, 0.1) is 0 Å². The zero-order valence-electron chi connectivity index (χ0n) is 11.4. The van der Waals surface area contributed by atoms with Crippen LogP contribution in [0.15, 0.2) is 35.4 Å². The first-order valence-corrected chi connectivity index (χ1v) is 6.77. The van der Waals surface area contributed by atoms with Gasteiger partial charge in [-0.3, -0.25) is 0 Å². The summed E-state index contributed by atoms with van der Waals surface area (Å²) in [6, 6.07) is 4.06. The van der Waals surface area contributed by atoms with E-state index in [0.717, 1.165) is 25.2 Å². The lowest BCUT2D eigenvalue weighted by Crippen LogP contribution is -2.13. The predicted octanol–water partition coefficient (Wildman–Crippen LogP) is 1.97. The molecular weight excluding hydrogens is 254 g/mol. The third kappa shape index (κ3) is 2.55. The van der Waals surface area contributed by atoms with Crippen molar-refractivity contribution in [3.63, 3.8) is 0 Å². The number of nitrogens with one attached hydrogen (secondary N) is 1. The predicted molar refractivity (Wildman–Crippen MR) is 75.1 cm³/mol. The second-order valence-corrected chi connectivity index (χ2v) is 4.68. The minimum atomic E-state index is 0.567. The SMILES string of the molecule is CCCNCc1cn(Cc2ncon2)c2ncccc12. The van der Waals surface area contributed by atoms with Gasteiger partial charge in [0, 0.05) is 24.3 Å². The Hall–Kier alpha value is -2.21. The van der Waals surface area contributed by atoms with Gasteiger partial charge in [-0.1, -0.05) is 12.1 Å². The lowest BCUT2D eigenvalue weighted by atomic mass is 10.2. The molecule has 0 radical (unpaired) electrons. The van der Waals surface area contributed by atoms with E-state index in [9.17, 15) is 0 Å². The largest absolute Gasteiger partial charge is 0.343 e. The Balaban J connectivity index is 1.91. The van der Waals surface area contributed by atoms with E-state index in [1.807, 2.05) is 6.07 Å². The van der Waals surface area contributed by atoms with E-state index < -0.39 is 0 Å². The second-order valence-electron chi connectivity index (χ2n) is 4.68. The number of hydrogen-bond acceptors (Lipinski definition) is 5. The maximum Gasteiger partial charge on any atom is 0.213 e. The van der Waals surface area contributed by atoms with Crippen LogP contribution in [0.4, 0.5) is 0 Å². The van der Waals surface area contributed by atoms with E-state index in [1.54, 1.807) is 6.20 Å². The molecule has 0 fully saturated rings. The van der Waals surface area contributed by atoms with Crippen molar-refractivity contribution < 1.29 is 4.52 Å². The van der Waals surface area contributed by atoms with Crippen molar-refractivity contribution in [3.8, 4) is 0 Å². The van der Waals surface area contributed by atoms with Gasteiger partial charge in [0.05, 0.1) is 6.54 Å². The van der Waals surface area contributed by atoms with Crippen molar-refractivity contribution in [1.82, 2.24) is 25.0 Å². The van der Waals surface area contributed by atoms with Gasteiger partial charge in [0.15, 0.2) is 5.82 Å². The van der Waals surface area contributed by atoms with Crippen LogP contribution in [-0.4, -0.2) is 26.2 Å². The van der Waals surface area contributed by atoms with E-state index in [0.29, 0.717) is 12.4 Å². The molecule has 0 amide bonds. The highest BCUT2D eigenvalue weighted by Gasteiger charge is 2.10. The van der Waals surface area contributed by atoms with Crippen molar-refractivity contribution in [1.29, 1.82) is 0 Å². The molecule has 3 aromatic rings. The van der Waals surface area contributed by atoms with Gasteiger partial charge in [0.2, 0.25) is 6.39 Å². The fourth-order valence-corrected chi connectivity index (χ4v) is 2.27. The normalized spacial score (nSPS) is 11.2. The summed E-state index contributed by atoms with van der Waals surface area (Å²) >= 11 is 0. The van der Waals surface area contributed by atoms with Gasteiger partial charge < -0.3 is 14.4 Å². The smallest absolute Gasteiger partial charge is 0.213 e. The molecular formula is C14H17N5O. The molecule has 0 atom stereocenters. The maximum absolute atomic E-state index is 4.78. The highest BCUT2D eigenvalue weighted by molar-refractivity contribution is 5.80. The van der Waals surface area contributed by atoms with Crippen LogP contribution in [0.1, 0.15) is 24.7 Å². The van der Waals surface area contributed by atoms with Crippen LogP contribution in [0.25, 0.3) is 11.0 Å². The molecule has 0 aliphatic carbocycles. The Kier molecular flexibility index (Phi) is 3.73. The van der Waals surface area contributed by atoms with Gasteiger partial charge in [-0.2, -0.15) is 4.98 Å². The Labute approximate surface area is 116 Å². The number of nitrogens with zero attached hydrogens (tertiary/aromatic N) is 4. The van der Waals surface area contributed by atoms with Gasteiger partial charge in [-0.15, -0.1) is 0 Å². The lowest BCUT2D eigenvalue weighted by Gasteiger charge is -2.00. The number of aromatic nitrogens is 4. The van der Waals surface area contributed by atoms with Crippen molar-refractivity contribution in [2.75, 3.05) is 6.54 Å². The molecule has 0 saturated carbocycles. The number of rotatable bonds is 6. The fourth-order valence-electron chi connectivity index (χ4n) is 2.27. The summed E-state index contributed by atoms with van der Waals surface area (Å²) in [7, 11) is 0. The highest BCUT2D eigenvalue weighted by atomic mass is 16.5. The lowest BCUT2D eigenvalue weighted by molar-refractivity contribution is 0.408. The molecule has 3 aromatic heterocycles. The zero-order chi connectivity index (χ0) is 13.8. The minimum Gasteiger partial charge on any atom is -0.343 e. The van der Waals surface area contributed by atoms with Crippen LogP contribution < -0.4 is 5.32 Å². The van der Waals surface area contributed by atoms with Crippen LogP contribution in [0.3, 0.4) is 0 Å². The van der Waals surface area contributed by atoms with Crippen molar-refractivity contribution in [3.05, 3.63) is 42.3 Å². The molecule has 0 aromatic carbocycles. The van der Waals surface area contributed by atoms with Crippen LogP contribution >= 0.6 is 0 Å². The minimum absolute atomic E-state index is 0.567. The third-order valence-corrected chi connectivity index (χ3v) is 3.18. The van der Waals surface area contributed by atoms with E-state index in [-0.39, 0.29) is 0 Å². The van der Waals surface area contributed by atoms with E-state index in [1.165, 1.54) is 17.3 Å². The monoisotopic (exact) mass is 271 g/mol. The quantitative estimate of drug-likeness (QED) is 0.694. The van der Waals surface area contributed by atoms with E-state index in [4.69, 9.17) is 4.52 Å². The van der Waals surface area contributed by atoms with Gasteiger partial charge >= 0.3 is 0 Å². The average Bonchev–Trinajstić information content (AvgIpc) is 3.09. The summed E-state index contributed by atoms with van der Waals surface area (Å²) in [5, 5.41) is 8.44. The molecule has 104 valence electrons. The molecule has 3 heterocycles. The Morgan fingerprint density at radius 1 is 1.35 bits per heavy atom. The van der Waals surface area contributed by atoms with Crippen molar-refractivity contribution in [2.24, 2.45) is 0 Å². The summed E-state index contributed by atoms with van der Waals surface area (Å²) in [5.74, 6) is 0.653. The topological polar surface area (TPSA) is 68.8 Å². The standard InChI is InChI=1S/C14H17N5O/c1-2-5-15-7-11-8-19(9-13-17-10-20-18-13)14-12(11)4-3-6-16-14/h3-4,6,8,10,15H,2,5,7,9H2,1H3. The van der Waals surface area contributed by atoms with E-state index in [2.05, 4.69) is 44.2 Å². The van der Waals surface area contributed by atoms with Crippen molar-refractivity contribution in [2.45, 2.75) is 26.4 Å². The molecule has 3 rings (SSSR count). The first-order valence-electron chi connectivity index (χ1n) is 6.77. The van der Waals surface area contributed by atoms with Crippen LogP contribution in [0.2, 0.25) is 0 Å².